The van der Waals surface area contributed by atoms with Crippen LogP contribution < -0.4 is 0 Å². The minimum atomic E-state index is -0.909. The van der Waals surface area contributed by atoms with Crippen LogP contribution in [0.25, 0.3) is 10.8 Å². The Balaban J connectivity index is 1.33. The van der Waals surface area contributed by atoms with Gasteiger partial charge in [-0.15, -0.1) is 5.10 Å². The van der Waals surface area contributed by atoms with E-state index < -0.39 is 6.09 Å². The Kier molecular flexibility index (Phi) is 6.53. The van der Waals surface area contributed by atoms with Crippen LogP contribution in [0, 0.1) is 0 Å². The second-order valence-electron chi connectivity index (χ2n) is 8.77. The fourth-order valence-electron chi connectivity index (χ4n) is 4.74. The van der Waals surface area contributed by atoms with E-state index in [-0.39, 0.29) is 12.0 Å². The second-order valence-corrected chi connectivity index (χ2v) is 8.77. The maximum atomic E-state index is 11.7. The topological polar surface area (TPSA) is 80.5 Å². The molecule has 7 nitrogen and oxygen atoms in total. The molecule has 0 aliphatic carbocycles. The Bertz CT molecular complexity index is 1260. The van der Waals surface area contributed by atoms with Crippen molar-refractivity contribution in [2.45, 2.75) is 38.0 Å². The van der Waals surface area contributed by atoms with Crippen molar-refractivity contribution >= 4 is 16.9 Å². The fraction of sp³-hybridized carbons (Fsp3) is 0.296. The standard InChI is InChI=1S/C27H28N4O3/c32-27(33)30-14-13-24(25-17-28-29-31(25)15-12-20-6-2-1-3-7-20)26(18-30)34-19-21-10-11-22-8-4-5-9-23(22)16-21/h1-11,16-17,24,26H,12-15,18-19H2,(H,32,33)/t24-,26+/m0/s1. The molecule has 0 saturated carbocycles. The van der Waals surface area contributed by atoms with E-state index in [4.69, 9.17) is 4.74 Å². The summed E-state index contributed by atoms with van der Waals surface area (Å²) < 4.78 is 8.32. The van der Waals surface area contributed by atoms with Crippen molar-refractivity contribution < 1.29 is 14.6 Å². The molecule has 1 aliphatic heterocycles. The van der Waals surface area contributed by atoms with Gasteiger partial charge in [-0.2, -0.15) is 0 Å². The Labute approximate surface area is 198 Å². The lowest BCUT2D eigenvalue weighted by Crippen LogP contribution is -2.46. The zero-order valence-electron chi connectivity index (χ0n) is 19.0. The highest BCUT2D eigenvalue weighted by molar-refractivity contribution is 5.82. The third-order valence-corrected chi connectivity index (χ3v) is 6.59. The first-order valence-corrected chi connectivity index (χ1v) is 11.7. The van der Waals surface area contributed by atoms with Crippen molar-refractivity contribution in [2.75, 3.05) is 13.1 Å². The number of hydrogen-bond acceptors (Lipinski definition) is 4. The summed E-state index contributed by atoms with van der Waals surface area (Å²) in [4.78, 5) is 13.1. The summed E-state index contributed by atoms with van der Waals surface area (Å²) in [5.74, 6) is 0.0295. The predicted octanol–water partition coefficient (Wildman–Crippen LogP) is 4.73. The number of rotatable bonds is 7. The van der Waals surface area contributed by atoms with Crippen LogP contribution in [0.4, 0.5) is 4.79 Å². The van der Waals surface area contributed by atoms with E-state index in [9.17, 15) is 9.90 Å². The Morgan fingerprint density at radius 2 is 1.79 bits per heavy atom. The molecule has 7 heteroatoms. The number of amides is 1. The molecule has 4 aromatic rings. The van der Waals surface area contributed by atoms with Crippen molar-refractivity contribution in [1.29, 1.82) is 0 Å². The van der Waals surface area contributed by atoms with E-state index in [1.54, 1.807) is 6.20 Å². The van der Waals surface area contributed by atoms with Gasteiger partial charge in [0.05, 0.1) is 31.1 Å². The lowest BCUT2D eigenvalue weighted by molar-refractivity contribution is -0.0216. The lowest BCUT2D eigenvalue weighted by Gasteiger charge is -2.37. The smallest absolute Gasteiger partial charge is 0.407 e. The van der Waals surface area contributed by atoms with E-state index in [0.29, 0.717) is 26.1 Å². The SMILES string of the molecule is O=C(O)N1CC[C@@H](c2cnnn2CCc2ccccc2)[C@H](OCc2ccc3ccccc3c2)C1. The summed E-state index contributed by atoms with van der Waals surface area (Å²) in [6.07, 6.45) is 2.15. The summed E-state index contributed by atoms with van der Waals surface area (Å²) in [6, 6.07) is 24.8. The molecule has 3 aromatic carbocycles. The molecule has 2 atom stereocenters. The van der Waals surface area contributed by atoms with Gasteiger partial charge in [0.2, 0.25) is 0 Å². The Hall–Kier alpha value is -3.71. The molecule has 1 saturated heterocycles. The maximum absolute atomic E-state index is 11.7. The molecular weight excluding hydrogens is 428 g/mol. The van der Waals surface area contributed by atoms with Crippen LogP contribution >= 0.6 is 0 Å². The van der Waals surface area contributed by atoms with Gasteiger partial charge in [0.25, 0.3) is 0 Å². The van der Waals surface area contributed by atoms with E-state index in [1.807, 2.05) is 35.0 Å². The van der Waals surface area contributed by atoms with Crippen LogP contribution in [-0.2, 0) is 24.3 Å². The van der Waals surface area contributed by atoms with Crippen LogP contribution in [0.1, 0.15) is 29.2 Å². The van der Waals surface area contributed by atoms with Crippen molar-refractivity contribution in [3.05, 3.63) is 95.8 Å². The molecule has 174 valence electrons. The van der Waals surface area contributed by atoms with Gasteiger partial charge >= 0.3 is 6.09 Å². The monoisotopic (exact) mass is 456 g/mol. The largest absolute Gasteiger partial charge is 0.465 e. The van der Waals surface area contributed by atoms with E-state index >= 15 is 0 Å². The van der Waals surface area contributed by atoms with Gasteiger partial charge < -0.3 is 14.7 Å². The molecule has 1 N–H and O–H groups in total. The second kappa shape index (κ2) is 10.1. The minimum Gasteiger partial charge on any atom is -0.465 e. The first-order chi connectivity index (χ1) is 16.7. The average Bonchev–Trinajstić information content (AvgIpc) is 3.35. The zero-order chi connectivity index (χ0) is 23.3. The number of carboxylic acid groups (broad SMARTS) is 1. The third kappa shape index (κ3) is 4.94. The normalized spacial score (nSPS) is 18.3. The van der Waals surface area contributed by atoms with Gasteiger partial charge in [-0.05, 0) is 40.8 Å². The molecule has 0 spiro atoms. The summed E-state index contributed by atoms with van der Waals surface area (Å²) in [6.45, 7) is 1.94. The summed E-state index contributed by atoms with van der Waals surface area (Å²) in [5.41, 5.74) is 3.32. The van der Waals surface area contributed by atoms with Crippen molar-refractivity contribution in [3.63, 3.8) is 0 Å². The number of carbonyl (C=O) groups is 1. The van der Waals surface area contributed by atoms with Gasteiger partial charge in [0.1, 0.15) is 0 Å². The van der Waals surface area contributed by atoms with E-state index in [0.717, 1.165) is 24.2 Å². The first-order valence-electron chi connectivity index (χ1n) is 11.7. The van der Waals surface area contributed by atoms with Crippen LogP contribution in [0.15, 0.2) is 79.0 Å². The summed E-state index contributed by atoms with van der Waals surface area (Å²) in [7, 11) is 0. The van der Waals surface area contributed by atoms with Gasteiger partial charge in [0.15, 0.2) is 0 Å². The fourth-order valence-corrected chi connectivity index (χ4v) is 4.74. The van der Waals surface area contributed by atoms with Gasteiger partial charge in [0, 0.05) is 19.0 Å². The molecule has 0 radical (unpaired) electrons. The number of hydrogen-bond donors (Lipinski definition) is 1. The quantitative estimate of drug-likeness (QED) is 0.435. The summed E-state index contributed by atoms with van der Waals surface area (Å²) >= 11 is 0. The van der Waals surface area contributed by atoms with Gasteiger partial charge in [-0.1, -0.05) is 71.9 Å². The number of aromatic nitrogens is 3. The van der Waals surface area contributed by atoms with Crippen LogP contribution in [0.2, 0.25) is 0 Å². The number of aryl methyl sites for hydroxylation is 2. The molecule has 34 heavy (non-hydrogen) atoms. The highest BCUT2D eigenvalue weighted by Crippen LogP contribution is 2.31. The minimum absolute atomic E-state index is 0.0295. The number of ether oxygens (including phenoxy) is 1. The molecule has 1 fully saturated rings. The Morgan fingerprint density at radius 3 is 2.62 bits per heavy atom. The molecular formula is C27H28N4O3. The average molecular weight is 457 g/mol. The molecule has 0 unspecified atom stereocenters. The number of nitrogens with zero attached hydrogens (tertiary/aromatic N) is 4. The van der Waals surface area contributed by atoms with Gasteiger partial charge in [-0.25, -0.2) is 9.48 Å². The maximum Gasteiger partial charge on any atom is 0.407 e. The molecule has 5 rings (SSSR count). The molecule has 1 aliphatic rings. The number of piperidine rings is 1. The molecule has 1 amide bonds. The van der Waals surface area contributed by atoms with Crippen LogP contribution in [0.3, 0.4) is 0 Å². The van der Waals surface area contributed by atoms with Crippen molar-refractivity contribution in [1.82, 2.24) is 19.9 Å². The van der Waals surface area contributed by atoms with Crippen molar-refractivity contribution in [3.8, 4) is 0 Å². The van der Waals surface area contributed by atoms with Gasteiger partial charge in [-0.3, -0.25) is 0 Å². The first kappa shape index (κ1) is 22.1. The zero-order valence-corrected chi connectivity index (χ0v) is 19.0. The molecule has 0 bridgehead atoms. The van der Waals surface area contributed by atoms with Crippen LogP contribution in [0.5, 0.6) is 0 Å². The number of likely N-dealkylation sites (tertiary alicyclic amines) is 1. The number of fused-ring (bicyclic) bond motifs is 1. The molecule has 1 aromatic heterocycles. The van der Waals surface area contributed by atoms with Crippen LogP contribution in [-0.4, -0.2) is 50.3 Å². The predicted molar refractivity (Wildman–Crippen MR) is 130 cm³/mol. The third-order valence-electron chi connectivity index (χ3n) is 6.59. The van der Waals surface area contributed by atoms with E-state index in [2.05, 4.69) is 52.8 Å². The Morgan fingerprint density at radius 1 is 1.00 bits per heavy atom. The number of benzene rings is 3. The summed E-state index contributed by atoms with van der Waals surface area (Å²) in [5, 5.41) is 20.4. The van der Waals surface area contributed by atoms with E-state index in [1.165, 1.54) is 21.2 Å². The van der Waals surface area contributed by atoms with Crippen molar-refractivity contribution in [2.24, 2.45) is 0 Å². The highest BCUT2D eigenvalue weighted by atomic mass is 16.5. The molecule has 2 heterocycles. The highest BCUT2D eigenvalue weighted by Gasteiger charge is 2.35. The lowest BCUT2D eigenvalue weighted by atomic mass is 9.90.